The molecule has 1 fully saturated rings. The summed E-state index contributed by atoms with van der Waals surface area (Å²) in [6, 6.07) is 0. The third-order valence-electron chi connectivity index (χ3n) is 2.57. The molecule has 1 aliphatic heterocycles. The molecule has 5 heteroatoms. The number of carboxylic acids is 1. The summed E-state index contributed by atoms with van der Waals surface area (Å²) in [5.74, 6) is -0.787. The van der Waals surface area contributed by atoms with Gasteiger partial charge in [-0.3, -0.25) is 4.79 Å². The summed E-state index contributed by atoms with van der Waals surface area (Å²) in [7, 11) is 1.64. The molecule has 0 aliphatic carbocycles. The molecule has 0 atom stereocenters. The van der Waals surface area contributed by atoms with Crippen LogP contribution in [0.2, 0.25) is 0 Å². The van der Waals surface area contributed by atoms with Gasteiger partial charge in [0.25, 0.3) is 0 Å². The van der Waals surface area contributed by atoms with Gasteiger partial charge in [0.05, 0.1) is 0 Å². The Balaban J connectivity index is 2.36. The summed E-state index contributed by atoms with van der Waals surface area (Å²) < 4.78 is 0. The number of piperidine rings is 1. The standard InChI is InChI=1S/C10H16N2O3/c1-11-10(15)8-2-5-12(6-3-8)7-4-9(13)14/h4,7-8H,2-3,5-6H2,1H3,(H,11,15)(H,13,14)/b7-4+. The Bertz CT molecular complexity index is 268. The van der Waals surface area contributed by atoms with Crippen molar-refractivity contribution in [3.05, 3.63) is 12.3 Å². The molecule has 1 saturated heterocycles. The highest BCUT2D eigenvalue weighted by Crippen LogP contribution is 2.17. The first-order valence-corrected chi connectivity index (χ1v) is 5.00. The molecular weight excluding hydrogens is 196 g/mol. The zero-order valence-electron chi connectivity index (χ0n) is 8.77. The molecule has 0 aromatic heterocycles. The minimum absolute atomic E-state index is 0.0736. The number of carboxylic acid groups (broad SMARTS) is 1. The van der Waals surface area contributed by atoms with Crippen LogP contribution in [0.3, 0.4) is 0 Å². The van der Waals surface area contributed by atoms with Crippen molar-refractivity contribution >= 4 is 11.9 Å². The van der Waals surface area contributed by atoms with E-state index in [1.807, 2.05) is 4.90 Å². The fourth-order valence-corrected chi connectivity index (χ4v) is 1.68. The molecule has 0 unspecified atom stereocenters. The first-order valence-electron chi connectivity index (χ1n) is 5.00. The molecule has 5 nitrogen and oxygen atoms in total. The third-order valence-corrected chi connectivity index (χ3v) is 2.57. The third kappa shape index (κ3) is 3.61. The topological polar surface area (TPSA) is 69.6 Å². The van der Waals surface area contributed by atoms with Gasteiger partial charge in [0.15, 0.2) is 0 Å². The minimum atomic E-state index is -0.941. The van der Waals surface area contributed by atoms with Crippen LogP contribution in [-0.4, -0.2) is 42.0 Å². The lowest BCUT2D eigenvalue weighted by molar-refractivity contribution is -0.131. The average molecular weight is 212 g/mol. The van der Waals surface area contributed by atoms with E-state index in [1.165, 1.54) is 0 Å². The van der Waals surface area contributed by atoms with Crippen LogP contribution in [0, 0.1) is 5.92 Å². The van der Waals surface area contributed by atoms with E-state index < -0.39 is 5.97 Å². The number of carbonyl (C=O) groups is 2. The number of hydrogen-bond donors (Lipinski definition) is 2. The Morgan fingerprint density at radius 2 is 2.00 bits per heavy atom. The molecule has 84 valence electrons. The van der Waals surface area contributed by atoms with Gasteiger partial charge in [-0.25, -0.2) is 4.79 Å². The predicted octanol–water partition coefficient (Wildman–Crippen LogP) is 0.0427. The Morgan fingerprint density at radius 3 is 2.47 bits per heavy atom. The highest BCUT2D eigenvalue weighted by atomic mass is 16.4. The maximum absolute atomic E-state index is 11.3. The van der Waals surface area contributed by atoms with Gasteiger partial charge < -0.3 is 15.3 Å². The van der Waals surface area contributed by atoms with Gasteiger partial charge >= 0.3 is 5.97 Å². The first kappa shape index (κ1) is 11.6. The molecule has 0 aromatic carbocycles. The fourth-order valence-electron chi connectivity index (χ4n) is 1.68. The summed E-state index contributed by atoms with van der Waals surface area (Å²) in [6.07, 6.45) is 4.26. The fraction of sp³-hybridized carbons (Fsp3) is 0.600. The summed E-state index contributed by atoms with van der Waals surface area (Å²) in [5.41, 5.74) is 0. The van der Waals surface area contributed by atoms with E-state index in [4.69, 9.17) is 5.11 Å². The Hall–Kier alpha value is -1.52. The van der Waals surface area contributed by atoms with E-state index in [-0.39, 0.29) is 11.8 Å². The molecule has 0 saturated carbocycles. The van der Waals surface area contributed by atoms with Crippen molar-refractivity contribution in [3.8, 4) is 0 Å². The Kier molecular flexibility index (Phi) is 4.15. The Morgan fingerprint density at radius 1 is 1.40 bits per heavy atom. The van der Waals surface area contributed by atoms with Crippen LogP contribution in [0.4, 0.5) is 0 Å². The zero-order valence-corrected chi connectivity index (χ0v) is 8.77. The zero-order chi connectivity index (χ0) is 11.3. The molecule has 1 rings (SSSR count). The lowest BCUT2D eigenvalue weighted by Crippen LogP contribution is -2.37. The van der Waals surface area contributed by atoms with E-state index in [0.717, 1.165) is 32.0 Å². The minimum Gasteiger partial charge on any atom is -0.478 e. The molecule has 1 heterocycles. The number of carbonyl (C=O) groups excluding carboxylic acids is 1. The number of likely N-dealkylation sites (tertiary alicyclic amines) is 1. The van der Waals surface area contributed by atoms with Crippen LogP contribution in [0.25, 0.3) is 0 Å². The lowest BCUT2D eigenvalue weighted by Gasteiger charge is -2.29. The van der Waals surface area contributed by atoms with Crippen molar-refractivity contribution in [2.24, 2.45) is 5.92 Å². The summed E-state index contributed by atoms with van der Waals surface area (Å²) >= 11 is 0. The number of nitrogens with zero attached hydrogens (tertiary/aromatic N) is 1. The molecule has 0 bridgehead atoms. The maximum Gasteiger partial charge on any atom is 0.329 e. The summed E-state index contributed by atoms with van der Waals surface area (Å²) in [6.45, 7) is 1.48. The van der Waals surface area contributed by atoms with Crippen molar-refractivity contribution < 1.29 is 14.7 Å². The number of hydrogen-bond acceptors (Lipinski definition) is 3. The lowest BCUT2D eigenvalue weighted by atomic mass is 9.96. The predicted molar refractivity (Wildman–Crippen MR) is 55.1 cm³/mol. The number of nitrogens with one attached hydrogen (secondary N) is 1. The number of aliphatic carboxylic acids is 1. The highest BCUT2D eigenvalue weighted by molar-refractivity contribution is 5.79. The van der Waals surface area contributed by atoms with Gasteiger partial charge in [0, 0.05) is 38.3 Å². The second kappa shape index (κ2) is 5.38. The van der Waals surface area contributed by atoms with Crippen LogP contribution in [0.15, 0.2) is 12.3 Å². The van der Waals surface area contributed by atoms with Gasteiger partial charge in [-0.05, 0) is 12.8 Å². The van der Waals surface area contributed by atoms with E-state index in [0.29, 0.717) is 0 Å². The smallest absolute Gasteiger partial charge is 0.329 e. The van der Waals surface area contributed by atoms with Crippen molar-refractivity contribution in [2.45, 2.75) is 12.8 Å². The van der Waals surface area contributed by atoms with Crippen molar-refractivity contribution in [1.82, 2.24) is 10.2 Å². The first-order chi connectivity index (χ1) is 7.13. The van der Waals surface area contributed by atoms with E-state index in [9.17, 15) is 9.59 Å². The van der Waals surface area contributed by atoms with Crippen LogP contribution >= 0.6 is 0 Å². The summed E-state index contributed by atoms with van der Waals surface area (Å²) in [5, 5.41) is 11.1. The monoisotopic (exact) mass is 212 g/mol. The number of rotatable bonds is 3. The maximum atomic E-state index is 11.3. The number of amides is 1. The van der Waals surface area contributed by atoms with Gasteiger partial charge in [0.1, 0.15) is 0 Å². The van der Waals surface area contributed by atoms with Crippen LogP contribution in [0.1, 0.15) is 12.8 Å². The largest absolute Gasteiger partial charge is 0.478 e. The van der Waals surface area contributed by atoms with Gasteiger partial charge in [-0.15, -0.1) is 0 Å². The van der Waals surface area contributed by atoms with E-state index in [2.05, 4.69) is 5.32 Å². The van der Waals surface area contributed by atoms with E-state index in [1.54, 1.807) is 13.2 Å². The molecular formula is C10H16N2O3. The van der Waals surface area contributed by atoms with Crippen LogP contribution in [-0.2, 0) is 9.59 Å². The van der Waals surface area contributed by atoms with E-state index >= 15 is 0 Å². The quantitative estimate of drug-likeness (QED) is 0.648. The average Bonchev–Trinajstić information content (AvgIpc) is 2.26. The van der Waals surface area contributed by atoms with Crippen LogP contribution < -0.4 is 5.32 Å². The van der Waals surface area contributed by atoms with Gasteiger partial charge in [-0.1, -0.05) is 0 Å². The second-order valence-corrected chi connectivity index (χ2v) is 3.58. The molecule has 1 amide bonds. The van der Waals surface area contributed by atoms with Crippen molar-refractivity contribution in [2.75, 3.05) is 20.1 Å². The summed E-state index contributed by atoms with van der Waals surface area (Å²) in [4.78, 5) is 23.5. The SMILES string of the molecule is CNC(=O)C1CCN(/C=C/C(=O)O)CC1. The van der Waals surface area contributed by atoms with Crippen molar-refractivity contribution in [1.29, 1.82) is 0 Å². The molecule has 1 aliphatic rings. The van der Waals surface area contributed by atoms with Crippen molar-refractivity contribution in [3.63, 3.8) is 0 Å². The molecule has 0 radical (unpaired) electrons. The van der Waals surface area contributed by atoms with Crippen LogP contribution in [0.5, 0.6) is 0 Å². The Labute approximate surface area is 88.8 Å². The highest BCUT2D eigenvalue weighted by Gasteiger charge is 2.22. The molecule has 0 spiro atoms. The second-order valence-electron chi connectivity index (χ2n) is 3.58. The molecule has 2 N–H and O–H groups in total. The molecule has 15 heavy (non-hydrogen) atoms. The normalized spacial score (nSPS) is 18.1. The molecule has 0 aromatic rings. The van der Waals surface area contributed by atoms with Gasteiger partial charge in [-0.2, -0.15) is 0 Å². The van der Waals surface area contributed by atoms with Gasteiger partial charge in [0.2, 0.25) is 5.91 Å².